The van der Waals surface area contributed by atoms with E-state index in [0.29, 0.717) is 11.5 Å². The molecule has 0 spiro atoms. The van der Waals surface area contributed by atoms with E-state index >= 15 is 0 Å². The van der Waals surface area contributed by atoms with Gasteiger partial charge in [0, 0.05) is 44.1 Å². The van der Waals surface area contributed by atoms with Crippen molar-refractivity contribution in [3.63, 3.8) is 0 Å². The number of hydrogen-bond acceptors (Lipinski definition) is 3. The van der Waals surface area contributed by atoms with Gasteiger partial charge < -0.3 is 4.90 Å². The second-order valence-corrected chi connectivity index (χ2v) is 5.75. The van der Waals surface area contributed by atoms with Gasteiger partial charge in [0.2, 0.25) is 0 Å². The molecule has 21 heavy (non-hydrogen) atoms. The van der Waals surface area contributed by atoms with Crippen LogP contribution in [0.2, 0.25) is 0 Å². The fraction of sp³-hybridized carbons (Fsp3) is 0.438. The van der Waals surface area contributed by atoms with E-state index in [0.717, 1.165) is 37.2 Å². The Morgan fingerprint density at radius 3 is 2.86 bits per heavy atom. The van der Waals surface area contributed by atoms with Crippen LogP contribution in [0.4, 0.5) is 0 Å². The minimum atomic E-state index is 0.0694. The highest BCUT2D eigenvalue weighted by molar-refractivity contribution is 5.93. The first-order valence-electron chi connectivity index (χ1n) is 7.34. The molecule has 0 radical (unpaired) electrons. The van der Waals surface area contributed by atoms with Crippen molar-refractivity contribution < 1.29 is 4.79 Å². The summed E-state index contributed by atoms with van der Waals surface area (Å²) in [6.07, 6.45) is 7.42. The number of piperidine rings is 1. The molecule has 0 aliphatic carbocycles. The number of aryl methyl sites for hydroxylation is 2. The third-order valence-corrected chi connectivity index (χ3v) is 4.01. The molecule has 1 aliphatic rings. The molecule has 5 heteroatoms. The molecule has 1 unspecified atom stereocenters. The van der Waals surface area contributed by atoms with Crippen molar-refractivity contribution in [3.05, 3.63) is 47.5 Å². The smallest absolute Gasteiger partial charge is 0.257 e. The standard InChI is InChI=1S/C16H20N4O/c1-12-5-6-15(17-8-12)13-4-3-7-20(11-13)16(21)14-9-18-19(2)10-14/h5-6,8-10,13H,3-4,7,11H2,1-2H3. The van der Waals surface area contributed by atoms with Gasteiger partial charge in [0.05, 0.1) is 11.8 Å². The van der Waals surface area contributed by atoms with Crippen molar-refractivity contribution in [2.75, 3.05) is 13.1 Å². The van der Waals surface area contributed by atoms with Crippen LogP contribution in [0.5, 0.6) is 0 Å². The molecule has 1 saturated heterocycles. The Bertz CT molecular complexity index is 632. The van der Waals surface area contributed by atoms with Crippen LogP contribution in [0.1, 0.15) is 40.4 Å². The van der Waals surface area contributed by atoms with E-state index < -0.39 is 0 Å². The molecule has 0 N–H and O–H groups in total. The number of carbonyl (C=O) groups excluding carboxylic acids is 1. The fourth-order valence-corrected chi connectivity index (χ4v) is 2.84. The van der Waals surface area contributed by atoms with E-state index in [1.165, 1.54) is 0 Å². The predicted octanol–water partition coefficient (Wildman–Crippen LogP) is 2.14. The number of rotatable bonds is 2. The van der Waals surface area contributed by atoms with Gasteiger partial charge >= 0.3 is 0 Å². The maximum atomic E-state index is 12.5. The van der Waals surface area contributed by atoms with Gasteiger partial charge in [0.25, 0.3) is 5.91 Å². The van der Waals surface area contributed by atoms with Crippen LogP contribution < -0.4 is 0 Å². The van der Waals surface area contributed by atoms with Gasteiger partial charge in [0.15, 0.2) is 0 Å². The molecule has 110 valence electrons. The Morgan fingerprint density at radius 1 is 1.33 bits per heavy atom. The van der Waals surface area contributed by atoms with Gasteiger partial charge in [-0.1, -0.05) is 6.07 Å². The average molecular weight is 284 g/mol. The fourth-order valence-electron chi connectivity index (χ4n) is 2.84. The van der Waals surface area contributed by atoms with Gasteiger partial charge in [-0.05, 0) is 31.4 Å². The molecule has 3 heterocycles. The minimum Gasteiger partial charge on any atom is -0.338 e. The van der Waals surface area contributed by atoms with E-state index in [1.807, 2.05) is 25.1 Å². The Balaban J connectivity index is 1.73. The van der Waals surface area contributed by atoms with E-state index in [9.17, 15) is 4.79 Å². The molecule has 1 amide bonds. The van der Waals surface area contributed by atoms with Gasteiger partial charge in [0.1, 0.15) is 0 Å². The number of likely N-dealkylation sites (tertiary alicyclic amines) is 1. The summed E-state index contributed by atoms with van der Waals surface area (Å²) in [6.45, 7) is 3.59. The molecular formula is C16H20N4O. The summed E-state index contributed by atoms with van der Waals surface area (Å²) >= 11 is 0. The number of pyridine rings is 1. The summed E-state index contributed by atoms with van der Waals surface area (Å²) in [5.41, 5.74) is 2.91. The lowest BCUT2D eigenvalue weighted by Crippen LogP contribution is -2.39. The largest absolute Gasteiger partial charge is 0.338 e. The SMILES string of the molecule is Cc1ccc(C2CCCN(C(=O)c3cnn(C)c3)C2)nc1. The van der Waals surface area contributed by atoms with Crippen LogP contribution in [-0.4, -0.2) is 38.7 Å². The van der Waals surface area contributed by atoms with E-state index in [-0.39, 0.29) is 5.91 Å². The van der Waals surface area contributed by atoms with Crippen LogP contribution in [-0.2, 0) is 7.05 Å². The molecular weight excluding hydrogens is 264 g/mol. The summed E-state index contributed by atoms with van der Waals surface area (Å²) in [5.74, 6) is 0.403. The highest BCUT2D eigenvalue weighted by Gasteiger charge is 2.26. The van der Waals surface area contributed by atoms with Crippen molar-refractivity contribution in [1.29, 1.82) is 0 Å². The van der Waals surface area contributed by atoms with Crippen LogP contribution in [0.25, 0.3) is 0 Å². The molecule has 1 fully saturated rings. The Morgan fingerprint density at radius 2 is 2.19 bits per heavy atom. The number of carbonyl (C=O) groups is 1. The predicted molar refractivity (Wildman–Crippen MR) is 80.1 cm³/mol. The summed E-state index contributed by atoms with van der Waals surface area (Å²) in [7, 11) is 1.83. The highest BCUT2D eigenvalue weighted by atomic mass is 16.2. The quantitative estimate of drug-likeness (QED) is 0.849. The van der Waals surface area contributed by atoms with Crippen molar-refractivity contribution in [1.82, 2.24) is 19.7 Å². The zero-order valence-electron chi connectivity index (χ0n) is 12.5. The summed E-state index contributed by atoms with van der Waals surface area (Å²) in [4.78, 5) is 18.9. The van der Waals surface area contributed by atoms with Crippen LogP contribution in [0, 0.1) is 6.92 Å². The summed E-state index contributed by atoms with van der Waals surface area (Å²) in [5, 5.41) is 4.08. The third-order valence-electron chi connectivity index (χ3n) is 4.01. The molecule has 1 atom stereocenters. The molecule has 2 aromatic heterocycles. The minimum absolute atomic E-state index is 0.0694. The van der Waals surface area contributed by atoms with Crippen LogP contribution in [0.3, 0.4) is 0 Å². The van der Waals surface area contributed by atoms with Crippen LogP contribution >= 0.6 is 0 Å². The number of hydrogen-bond donors (Lipinski definition) is 0. The number of amides is 1. The lowest BCUT2D eigenvalue weighted by molar-refractivity contribution is 0.0706. The second kappa shape index (κ2) is 5.68. The van der Waals surface area contributed by atoms with Crippen molar-refractivity contribution in [2.45, 2.75) is 25.7 Å². The summed E-state index contributed by atoms with van der Waals surface area (Å²) < 4.78 is 1.66. The normalized spacial score (nSPS) is 18.8. The third kappa shape index (κ3) is 2.96. The average Bonchev–Trinajstić information content (AvgIpc) is 2.94. The first-order valence-corrected chi connectivity index (χ1v) is 7.34. The zero-order chi connectivity index (χ0) is 14.8. The van der Waals surface area contributed by atoms with Gasteiger partial charge in [-0.3, -0.25) is 14.5 Å². The molecule has 0 saturated carbocycles. The van der Waals surface area contributed by atoms with Gasteiger partial charge in [-0.25, -0.2) is 0 Å². The first kappa shape index (κ1) is 13.8. The Hall–Kier alpha value is -2.17. The molecule has 0 aromatic carbocycles. The second-order valence-electron chi connectivity index (χ2n) is 5.75. The molecule has 5 nitrogen and oxygen atoms in total. The van der Waals surface area contributed by atoms with Gasteiger partial charge in [-0.2, -0.15) is 5.10 Å². The zero-order valence-corrected chi connectivity index (χ0v) is 12.5. The van der Waals surface area contributed by atoms with Crippen molar-refractivity contribution in [3.8, 4) is 0 Å². The first-order chi connectivity index (χ1) is 10.1. The Kier molecular flexibility index (Phi) is 3.73. The van der Waals surface area contributed by atoms with Gasteiger partial charge in [-0.15, -0.1) is 0 Å². The molecule has 3 rings (SSSR count). The summed E-state index contributed by atoms with van der Waals surface area (Å²) in [6, 6.07) is 4.17. The maximum absolute atomic E-state index is 12.5. The topological polar surface area (TPSA) is 51.0 Å². The molecule has 0 bridgehead atoms. The highest BCUT2D eigenvalue weighted by Crippen LogP contribution is 2.26. The monoisotopic (exact) mass is 284 g/mol. The van der Waals surface area contributed by atoms with E-state index in [4.69, 9.17) is 0 Å². The maximum Gasteiger partial charge on any atom is 0.257 e. The molecule has 2 aromatic rings. The van der Waals surface area contributed by atoms with Crippen molar-refractivity contribution >= 4 is 5.91 Å². The lowest BCUT2D eigenvalue weighted by Gasteiger charge is -2.32. The number of aromatic nitrogens is 3. The van der Waals surface area contributed by atoms with E-state index in [2.05, 4.69) is 22.2 Å². The van der Waals surface area contributed by atoms with E-state index in [1.54, 1.807) is 17.1 Å². The lowest BCUT2D eigenvalue weighted by atomic mass is 9.93. The number of nitrogens with zero attached hydrogens (tertiary/aromatic N) is 4. The molecule has 1 aliphatic heterocycles. The van der Waals surface area contributed by atoms with Crippen LogP contribution in [0.15, 0.2) is 30.7 Å². The Labute approximate surface area is 124 Å². The van der Waals surface area contributed by atoms with Crippen molar-refractivity contribution in [2.24, 2.45) is 7.05 Å².